The molecule has 1 N–H and O–H groups in total. The summed E-state index contributed by atoms with van der Waals surface area (Å²) in [6, 6.07) is 11.0. The van der Waals surface area contributed by atoms with Gasteiger partial charge in [-0.3, -0.25) is 9.36 Å². The molecule has 2 aromatic heterocycles. The molecule has 0 saturated carbocycles. The maximum Gasteiger partial charge on any atom is 0.230 e. The number of benzene rings is 1. The zero-order valence-corrected chi connectivity index (χ0v) is 16.0. The van der Waals surface area contributed by atoms with Gasteiger partial charge in [-0.25, -0.2) is 0 Å². The highest BCUT2D eigenvalue weighted by atomic mass is 35.5. The average Bonchev–Trinajstić information content (AvgIpc) is 3.29. The van der Waals surface area contributed by atoms with Crippen molar-refractivity contribution in [1.82, 2.24) is 20.1 Å². The molecule has 26 heavy (non-hydrogen) atoms. The molecule has 0 bridgehead atoms. The summed E-state index contributed by atoms with van der Waals surface area (Å²) in [5.41, 5.74) is 1.00. The third kappa shape index (κ3) is 4.28. The highest BCUT2D eigenvalue weighted by molar-refractivity contribution is 7.99. The van der Waals surface area contributed by atoms with Crippen LogP contribution in [0.2, 0.25) is 5.02 Å². The summed E-state index contributed by atoms with van der Waals surface area (Å²) in [5.74, 6) is 1.51. The first-order valence-electron chi connectivity index (χ1n) is 8.23. The quantitative estimate of drug-likeness (QED) is 0.612. The molecule has 6 nitrogen and oxygen atoms in total. The fraction of sp³-hybridized carbons (Fsp3) is 0.278. The number of amides is 1. The second kappa shape index (κ2) is 8.42. The van der Waals surface area contributed by atoms with Crippen molar-refractivity contribution in [2.24, 2.45) is 0 Å². The Morgan fingerprint density at radius 3 is 2.73 bits per heavy atom. The molecular formula is C18H19ClN4O2S. The number of nitrogens with one attached hydrogen (secondary N) is 1. The van der Waals surface area contributed by atoms with Crippen LogP contribution in [0.4, 0.5) is 0 Å². The number of thioether (sulfide) groups is 1. The van der Waals surface area contributed by atoms with Crippen molar-refractivity contribution >= 4 is 29.3 Å². The summed E-state index contributed by atoms with van der Waals surface area (Å²) >= 11 is 7.25. The summed E-state index contributed by atoms with van der Waals surface area (Å²) in [4.78, 5) is 12.3. The number of aromatic nitrogens is 3. The summed E-state index contributed by atoms with van der Waals surface area (Å²) in [5, 5.41) is 12.7. The number of hydrogen-bond donors (Lipinski definition) is 1. The number of hydrogen-bond acceptors (Lipinski definition) is 5. The van der Waals surface area contributed by atoms with E-state index in [9.17, 15) is 4.79 Å². The topological polar surface area (TPSA) is 73.0 Å². The van der Waals surface area contributed by atoms with Gasteiger partial charge in [0, 0.05) is 11.6 Å². The third-order valence-corrected chi connectivity index (χ3v) is 5.07. The molecule has 8 heteroatoms. The molecule has 0 aliphatic heterocycles. The number of halogens is 1. The van der Waals surface area contributed by atoms with Crippen LogP contribution >= 0.6 is 23.4 Å². The average molecular weight is 391 g/mol. The molecule has 0 saturated heterocycles. The van der Waals surface area contributed by atoms with Gasteiger partial charge in [-0.1, -0.05) is 35.5 Å². The second-order valence-electron chi connectivity index (χ2n) is 5.66. The molecule has 0 fully saturated rings. The largest absolute Gasteiger partial charge is 0.461 e. The molecule has 0 aliphatic carbocycles. The predicted molar refractivity (Wildman–Crippen MR) is 102 cm³/mol. The Morgan fingerprint density at radius 1 is 1.31 bits per heavy atom. The van der Waals surface area contributed by atoms with Crippen molar-refractivity contribution in [3.63, 3.8) is 0 Å². The zero-order chi connectivity index (χ0) is 18.5. The normalized spacial score (nSPS) is 12.1. The summed E-state index contributed by atoms with van der Waals surface area (Å²) < 4.78 is 7.32. The van der Waals surface area contributed by atoms with E-state index in [2.05, 4.69) is 15.5 Å². The SMILES string of the molecule is CCn1c(SCC(=O)N[C@H](C)c2ccc(Cl)cc2)nnc1-c1ccco1. The van der Waals surface area contributed by atoms with Crippen LogP contribution in [0.5, 0.6) is 0 Å². The summed E-state index contributed by atoms with van der Waals surface area (Å²) in [6.45, 7) is 4.63. The van der Waals surface area contributed by atoms with Crippen LogP contribution in [0.15, 0.2) is 52.2 Å². The van der Waals surface area contributed by atoms with Crippen molar-refractivity contribution in [2.75, 3.05) is 5.75 Å². The molecule has 2 heterocycles. The predicted octanol–water partition coefficient (Wildman–Crippen LogP) is 4.18. The Hall–Kier alpha value is -2.25. The van der Waals surface area contributed by atoms with Gasteiger partial charge in [-0.05, 0) is 43.7 Å². The van der Waals surface area contributed by atoms with Crippen molar-refractivity contribution < 1.29 is 9.21 Å². The molecule has 0 aliphatic rings. The van der Waals surface area contributed by atoms with Crippen LogP contribution in [0.3, 0.4) is 0 Å². The minimum atomic E-state index is -0.0944. The number of carbonyl (C=O) groups excluding carboxylic acids is 1. The van der Waals surface area contributed by atoms with E-state index in [1.165, 1.54) is 11.8 Å². The lowest BCUT2D eigenvalue weighted by Gasteiger charge is -2.14. The maximum atomic E-state index is 12.3. The van der Waals surface area contributed by atoms with Crippen LogP contribution < -0.4 is 5.32 Å². The lowest BCUT2D eigenvalue weighted by atomic mass is 10.1. The van der Waals surface area contributed by atoms with Crippen molar-refractivity contribution in [1.29, 1.82) is 0 Å². The van der Waals surface area contributed by atoms with E-state index in [1.54, 1.807) is 6.26 Å². The van der Waals surface area contributed by atoms with Crippen LogP contribution in [0, 0.1) is 0 Å². The monoisotopic (exact) mass is 390 g/mol. The van der Waals surface area contributed by atoms with Gasteiger partial charge < -0.3 is 9.73 Å². The van der Waals surface area contributed by atoms with Crippen LogP contribution in [0.1, 0.15) is 25.5 Å². The third-order valence-electron chi connectivity index (χ3n) is 3.85. The van der Waals surface area contributed by atoms with Crippen molar-refractivity contribution in [2.45, 2.75) is 31.6 Å². The standard InChI is InChI=1S/C18H19ClN4O2S/c1-3-23-17(15-5-4-10-25-15)21-22-18(23)26-11-16(24)20-12(2)13-6-8-14(19)9-7-13/h4-10,12H,3,11H2,1-2H3,(H,20,24)/t12-/m1/s1. The molecule has 1 aromatic carbocycles. The van der Waals surface area contributed by atoms with E-state index in [0.29, 0.717) is 28.3 Å². The van der Waals surface area contributed by atoms with E-state index in [-0.39, 0.29) is 17.7 Å². The fourth-order valence-corrected chi connectivity index (χ4v) is 3.46. The first-order valence-corrected chi connectivity index (χ1v) is 9.59. The van der Waals surface area contributed by atoms with E-state index in [1.807, 2.05) is 54.8 Å². The highest BCUT2D eigenvalue weighted by Gasteiger charge is 2.17. The number of carbonyl (C=O) groups is 1. The van der Waals surface area contributed by atoms with Crippen LogP contribution in [-0.4, -0.2) is 26.4 Å². The van der Waals surface area contributed by atoms with E-state index in [4.69, 9.17) is 16.0 Å². The Morgan fingerprint density at radius 2 is 2.08 bits per heavy atom. The van der Waals surface area contributed by atoms with Gasteiger partial charge >= 0.3 is 0 Å². The van der Waals surface area contributed by atoms with Gasteiger partial charge in [0.1, 0.15) is 0 Å². The summed E-state index contributed by atoms with van der Waals surface area (Å²) in [6.07, 6.45) is 1.60. The molecule has 0 spiro atoms. The van der Waals surface area contributed by atoms with Gasteiger partial charge in [0.25, 0.3) is 0 Å². The minimum absolute atomic E-state index is 0.0670. The number of furan rings is 1. The van der Waals surface area contributed by atoms with E-state index < -0.39 is 0 Å². The Bertz CT molecular complexity index is 862. The number of rotatable bonds is 7. The molecule has 3 rings (SSSR count). The van der Waals surface area contributed by atoms with Crippen LogP contribution in [0.25, 0.3) is 11.6 Å². The maximum absolute atomic E-state index is 12.3. The van der Waals surface area contributed by atoms with Crippen LogP contribution in [-0.2, 0) is 11.3 Å². The molecule has 0 radical (unpaired) electrons. The van der Waals surface area contributed by atoms with E-state index in [0.717, 1.165) is 5.56 Å². The lowest BCUT2D eigenvalue weighted by Crippen LogP contribution is -2.28. The van der Waals surface area contributed by atoms with Gasteiger partial charge in [0.05, 0.1) is 18.1 Å². The fourth-order valence-electron chi connectivity index (χ4n) is 2.52. The molecule has 1 atom stereocenters. The molecule has 0 unspecified atom stereocenters. The van der Waals surface area contributed by atoms with E-state index >= 15 is 0 Å². The molecule has 3 aromatic rings. The van der Waals surface area contributed by atoms with Gasteiger partial charge in [-0.15, -0.1) is 10.2 Å². The lowest BCUT2D eigenvalue weighted by molar-refractivity contribution is -0.119. The minimum Gasteiger partial charge on any atom is -0.461 e. The van der Waals surface area contributed by atoms with Gasteiger partial charge in [-0.2, -0.15) is 0 Å². The van der Waals surface area contributed by atoms with Gasteiger partial charge in [0.2, 0.25) is 5.91 Å². The highest BCUT2D eigenvalue weighted by Crippen LogP contribution is 2.24. The zero-order valence-electron chi connectivity index (χ0n) is 14.5. The van der Waals surface area contributed by atoms with Crippen molar-refractivity contribution in [3.05, 3.63) is 53.2 Å². The molecule has 1 amide bonds. The first kappa shape index (κ1) is 18.5. The Labute approximate surface area is 160 Å². The smallest absolute Gasteiger partial charge is 0.230 e. The molecular weight excluding hydrogens is 372 g/mol. The molecule has 136 valence electrons. The summed E-state index contributed by atoms with van der Waals surface area (Å²) in [7, 11) is 0. The Balaban J connectivity index is 1.60. The van der Waals surface area contributed by atoms with Gasteiger partial charge in [0.15, 0.2) is 16.7 Å². The second-order valence-corrected chi connectivity index (χ2v) is 7.04. The Kier molecular flexibility index (Phi) is 6.00. The van der Waals surface area contributed by atoms with Crippen molar-refractivity contribution in [3.8, 4) is 11.6 Å². The number of nitrogens with zero attached hydrogens (tertiary/aromatic N) is 3. The first-order chi connectivity index (χ1) is 12.6.